The summed E-state index contributed by atoms with van der Waals surface area (Å²) < 4.78 is 10.9. The van der Waals surface area contributed by atoms with Crippen molar-refractivity contribution in [3.8, 4) is 5.75 Å². The Labute approximate surface area is 127 Å². The third-order valence-electron chi connectivity index (χ3n) is 3.80. The number of hydrogen-bond acceptors (Lipinski definition) is 4. The van der Waals surface area contributed by atoms with Gasteiger partial charge in [-0.2, -0.15) is 0 Å². The molecule has 0 bridgehead atoms. The molecule has 21 heavy (non-hydrogen) atoms. The van der Waals surface area contributed by atoms with Crippen LogP contribution in [0.15, 0.2) is 24.3 Å². The highest BCUT2D eigenvalue weighted by atomic mass is 16.5. The van der Waals surface area contributed by atoms with E-state index in [0.717, 1.165) is 50.3 Å². The van der Waals surface area contributed by atoms with Gasteiger partial charge < -0.3 is 9.47 Å². The van der Waals surface area contributed by atoms with Gasteiger partial charge in [0.25, 0.3) is 0 Å². The first-order valence-corrected chi connectivity index (χ1v) is 7.74. The van der Waals surface area contributed by atoms with Gasteiger partial charge >= 0.3 is 0 Å². The third kappa shape index (κ3) is 4.83. The fraction of sp³-hybridized carbons (Fsp3) is 0.588. The van der Waals surface area contributed by atoms with Gasteiger partial charge in [0.05, 0.1) is 19.8 Å². The second-order valence-corrected chi connectivity index (χ2v) is 5.52. The largest absolute Gasteiger partial charge is 0.497 e. The fourth-order valence-electron chi connectivity index (χ4n) is 2.65. The molecule has 1 aliphatic heterocycles. The molecule has 0 amide bonds. The number of rotatable bonds is 7. The van der Waals surface area contributed by atoms with Crippen molar-refractivity contribution in [2.75, 3.05) is 33.4 Å². The molecule has 116 valence electrons. The predicted octanol–water partition coefficient (Wildman–Crippen LogP) is 2.77. The zero-order valence-corrected chi connectivity index (χ0v) is 13.0. The maximum absolute atomic E-state index is 12.3. The van der Waals surface area contributed by atoms with Crippen LogP contribution in [0.1, 0.15) is 36.5 Å². The molecule has 0 aromatic heterocycles. The highest BCUT2D eigenvalue weighted by Crippen LogP contribution is 2.16. The Balaban J connectivity index is 1.86. The molecule has 0 radical (unpaired) electrons. The molecule has 4 heteroatoms. The van der Waals surface area contributed by atoms with E-state index in [0.29, 0.717) is 6.54 Å². The Morgan fingerprint density at radius 1 is 1.33 bits per heavy atom. The summed E-state index contributed by atoms with van der Waals surface area (Å²) in [7, 11) is 1.63. The monoisotopic (exact) mass is 291 g/mol. The summed E-state index contributed by atoms with van der Waals surface area (Å²) in [5.74, 6) is 0.936. The van der Waals surface area contributed by atoms with E-state index in [9.17, 15) is 4.79 Å². The lowest BCUT2D eigenvalue weighted by Crippen LogP contribution is -2.42. The normalized spacial score (nSPS) is 19.4. The first-order valence-electron chi connectivity index (χ1n) is 7.74. The lowest BCUT2D eigenvalue weighted by molar-refractivity contribution is 0.00131. The SMILES string of the molecule is CCCOC1CCCN(CC(=O)c2ccc(OC)cc2)C1. The third-order valence-corrected chi connectivity index (χ3v) is 3.80. The highest BCUT2D eigenvalue weighted by Gasteiger charge is 2.22. The van der Waals surface area contributed by atoms with Crippen molar-refractivity contribution in [3.63, 3.8) is 0 Å². The lowest BCUT2D eigenvalue weighted by Gasteiger charge is -2.32. The van der Waals surface area contributed by atoms with Crippen LogP contribution in [-0.2, 0) is 4.74 Å². The minimum Gasteiger partial charge on any atom is -0.497 e. The van der Waals surface area contributed by atoms with Crippen LogP contribution in [0.3, 0.4) is 0 Å². The number of methoxy groups -OCH3 is 1. The van der Waals surface area contributed by atoms with E-state index in [4.69, 9.17) is 9.47 Å². The Morgan fingerprint density at radius 2 is 2.10 bits per heavy atom. The average molecular weight is 291 g/mol. The summed E-state index contributed by atoms with van der Waals surface area (Å²) in [5.41, 5.74) is 0.743. The predicted molar refractivity (Wildman–Crippen MR) is 83.0 cm³/mol. The van der Waals surface area contributed by atoms with E-state index in [-0.39, 0.29) is 11.9 Å². The first kappa shape index (κ1) is 16.0. The molecule has 0 saturated carbocycles. The van der Waals surface area contributed by atoms with Crippen molar-refractivity contribution in [2.45, 2.75) is 32.3 Å². The van der Waals surface area contributed by atoms with Crippen molar-refractivity contribution in [3.05, 3.63) is 29.8 Å². The number of carbonyl (C=O) groups is 1. The van der Waals surface area contributed by atoms with Crippen molar-refractivity contribution >= 4 is 5.78 Å². The second kappa shape index (κ2) is 8.15. The smallest absolute Gasteiger partial charge is 0.176 e. The number of nitrogens with zero attached hydrogens (tertiary/aromatic N) is 1. The molecule has 1 saturated heterocycles. The van der Waals surface area contributed by atoms with Crippen LogP contribution in [0.2, 0.25) is 0 Å². The summed E-state index contributed by atoms with van der Waals surface area (Å²) >= 11 is 0. The van der Waals surface area contributed by atoms with Crippen molar-refractivity contribution < 1.29 is 14.3 Å². The standard InChI is InChI=1S/C17H25NO3/c1-3-11-21-16-5-4-10-18(12-16)13-17(19)14-6-8-15(20-2)9-7-14/h6-9,16H,3-5,10-13H2,1-2H3. The Bertz CT molecular complexity index is 444. The molecule has 1 atom stereocenters. The molecule has 0 N–H and O–H groups in total. The van der Waals surface area contributed by atoms with E-state index in [2.05, 4.69) is 11.8 Å². The number of likely N-dealkylation sites (tertiary alicyclic amines) is 1. The number of ketones is 1. The van der Waals surface area contributed by atoms with E-state index < -0.39 is 0 Å². The fourth-order valence-corrected chi connectivity index (χ4v) is 2.65. The maximum Gasteiger partial charge on any atom is 0.176 e. The van der Waals surface area contributed by atoms with Crippen LogP contribution < -0.4 is 4.74 Å². The van der Waals surface area contributed by atoms with Gasteiger partial charge in [-0.05, 0) is 50.1 Å². The molecule has 1 heterocycles. The number of piperidine rings is 1. The van der Waals surface area contributed by atoms with E-state index in [1.807, 2.05) is 24.3 Å². The molecule has 1 aliphatic rings. The molecule has 1 unspecified atom stereocenters. The molecular weight excluding hydrogens is 266 g/mol. The summed E-state index contributed by atoms with van der Waals surface area (Å²) in [6, 6.07) is 7.32. The molecule has 0 spiro atoms. The van der Waals surface area contributed by atoms with Crippen LogP contribution in [-0.4, -0.2) is 50.1 Å². The number of benzene rings is 1. The molecule has 4 nitrogen and oxygen atoms in total. The Hall–Kier alpha value is -1.39. The average Bonchev–Trinajstić information content (AvgIpc) is 2.53. The van der Waals surface area contributed by atoms with Gasteiger partial charge in [-0.25, -0.2) is 0 Å². The summed E-state index contributed by atoms with van der Waals surface area (Å²) in [6.45, 7) is 5.24. The molecule has 1 aromatic rings. The van der Waals surface area contributed by atoms with Crippen LogP contribution in [0.4, 0.5) is 0 Å². The quantitative estimate of drug-likeness (QED) is 0.724. The van der Waals surface area contributed by atoms with Crippen LogP contribution in [0.5, 0.6) is 5.75 Å². The Kier molecular flexibility index (Phi) is 6.21. The van der Waals surface area contributed by atoms with Crippen LogP contribution in [0.25, 0.3) is 0 Å². The van der Waals surface area contributed by atoms with Gasteiger partial charge in [0.2, 0.25) is 0 Å². The number of ether oxygens (including phenoxy) is 2. The molecule has 0 aliphatic carbocycles. The lowest BCUT2D eigenvalue weighted by atomic mass is 10.1. The van der Waals surface area contributed by atoms with Gasteiger partial charge in [0.1, 0.15) is 5.75 Å². The number of Topliss-reactive ketones (excluding diaryl/α,β-unsaturated/α-hetero) is 1. The first-order chi connectivity index (χ1) is 10.2. The van der Waals surface area contributed by atoms with E-state index >= 15 is 0 Å². The van der Waals surface area contributed by atoms with Gasteiger partial charge in [-0.1, -0.05) is 6.92 Å². The second-order valence-electron chi connectivity index (χ2n) is 5.52. The van der Waals surface area contributed by atoms with Crippen LogP contribution in [0, 0.1) is 0 Å². The van der Waals surface area contributed by atoms with Gasteiger partial charge in [-0.15, -0.1) is 0 Å². The minimum atomic E-state index is 0.161. The van der Waals surface area contributed by atoms with Crippen molar-refractivity contribution in [1.29, 1.82) is 0 Å². The number of hydrogen-bond donors (Lipinski definition) is 0. The van der Waals surface area contributed by atoms with Crippen molar-refractivity contribution in [2.24, 2.45) is 0 Å². The minimum absolute atomic E-state index is 0.161. The summed E-state index contributed by atoms with van der Waals surface area (Å²) in [4.78, 5) is 14.5. The summed E-state index contributed by atoms with van der Waals surface area (Å²) in [5, 5.41) is 0. The summed E-state index contributed by atoms with van der Waals surface area (Å²) in [6.07, 6.45) is 3.53. The van der Waals surface area contributed by atoms with Gasteiger partial charge in [-0.3, -0.25) is 9.69 Å². The molecular formula is C17H25NO3. The van der Waals surface area contributed by atoms with Gasteiger partial charge in [0, 0.05) is 18.7 Å². The van der Waals surface area contributed by atoms with Crippen molar-refractivity contribution in [1.82, 2.24) is 4.90 Å². The Morgan fingerprint density at radius 3 is 2.76 bits per heavy atom. The number of carbonyl (C=O) groups excluding carboxylic acids is 1. The van der Waals surface area contributed by atoms with Gasteiger partial charge in [0.15, 0.2) is 5.78 Å². The van der Waals surface area contributed by atoms with E-state index in [1.165, 1.54) is 0 Å². The highest BCUT2D eigenvalue weighted by molar-refractivity contribution is 5.97. The van der Waals surface area contributed by atoms with Crippen LogP contribution >= 0.6 is 0 Å². The molecule has 1 fully saturated rings. The zero-order chi connectivity index (χ0) is 15.1. The van der Waals surface area contributed by atoms with E-state index in [1.54, 1.807) is 7.11 Å². The maximum atomic E-state index is 12.3. The zero-order valence-electron chi connectivity index (χ0n) is 13.0. The topological polar surface area (TPSA) is 38.8 Å². The molecule has 1 aromatic carbocycles. The molecule has 2 rings (SSSR count).